The SMILES string of the molecule is Cc1cccc(C(Cc2nccs2)NN)c1. The van der Waals surface area contributed by atoms with Crippen molar-refractivity contribution >= 4 is 11.3 Å². The molecule has 1 atom stereocenters. The molecule has 3 N–H and O–H groups in total. The third-order valence-corrected chi connectivity index (χ3v) is 3.31. The first-order chi connectivity index (χ1) is 7.79. The number of aryl methyl sites for hydroxylation is 1. The van der Waals surface area contributed by atoms with Crippen molar-refractivity contribution in [3.05, 3.63) is 52.0 Å². The summed E-state index contributed by atoms with van der Waals surface area (Å²) >= 11 is 1.66. The highest BCUT2D eigenvalue weighted by molar-refractivity contribution is 7.09. The Morgan fingerprint density at radius 2 is 2.38 bits per heavy atom. The molecule has 4 heteroatoms. The van der Waals surface area contributed by atoms with Gasteiger partial charge in [-0.25, -0.2) is 4.98 Å². The molecule has 0 spiro atoms. The molecule has 0 aliphatic heterocycles. The number of hydrogen-bond donors (Lipinski definition) is 2. The Morgan fingerprint density at radius 3 is 3.00 bits per heavy atom. The van der Waals surface area contributed by atoms with Crippen molar-refractivity contribution in [3.63, 3.8) is 0 Å². The summed E-state index contributed by atoms with van der Waals surface area (Å²) in [5, 5.41) is 3.09. The lowest BCUT2D eigenvalue weighted by atomic mass is 10.0. The molecular formula is C12H15N3S. The number of thiazole rings is 1. The van der Waals surface area contributed by atoms with Gasteiger partial charge < -0.3 is 0 Å². The Balaban J connectivity index is 2.16. The van der Waals surface area contributed by atoms with Gasteiger partial charge in [0, 0.05) is 18.0 Å². The van der Waals surface area contributed by atoms with E-state index in [0.717, 1.165) is 11.4 Å². The molecule has 0 radical (unpaired) electrons. The highest BCUT2D eigenvalue weighted by Crippen LogP contribution is 2.19. The van der Waals surface area contributed by atoms with Crippen molar-refractivity contribution in [3.8, 4) is 0 Å². The summed E-state index contributed by atoms with van der Waals surface area (Å²) < 4.78 is 0. The monoisotopic (exact) mass is 233 g/mol. The summed E-state index contributed by atoms with van der Waals surface area (Å²) in [7, 11) is 0. The number of hydrazine groups is 1. The van der Waals surface area contributed by atoms with Crippen LogP contribution in [0.15, 0.2) is 35.8 Å². The molecule has 84 valence electrons. The van der Waals surface area contributed by atoms with Gasteiger partial charge in [-0.3, -0.25) is 11.3 Å². The van der Waals surface area contributed by atoms with Crippen molar-refractivity contribution in [2.45, 2.75) is 19.4 Å². The number of rotatable bonds is 4. The van der Waals surface area contributed by atoms with Crippen LogP contribution in [0, 0.1) is 6.92 Å². The van der Waals surface area contributed by atoms with Crippen molar-refractivity contribution in [2.75, 3.05) is 0 Å². The minimum absolute atomic E-state index is 0.131. The molecule has 2 rings (SSSR count). The lowest BCUT2D eigenvalue weighted by Crippen LogP contribution is -2.29. The number of hydrogen-bond acceptors (Lipinski definition) is 4. The van der Waals surface area contributed by atoms with Crippen LogP contribution in [0.3, 0.4) is 0 Å². The Morgan fingerprint density at radius 1 is 1.50 bits per heavy atom. The fourth-order valence-electron chi connectivity index (χ4n) is 1.69. The predicted molar refractivity (Wildman–Crippen MR) is 67.1 cm³/mol. The summed E-state index contributed by atoms with van der Waals surface area (Å²) in [6.07, 6.45) is 2.65. The normalized spacial score (nSPS) is 12.6. The fraction of sp³-hybridized carbons (Fsp3) is 0.250. The van der Waals surface area contributed by atoms with Gasteiger partial charge in [0.2, 0.25) is 0 Å². The van der Waals surface area contributed by atoms with Crippen LogP contribution in [0.4, 0.5) is 0 Å². The third kappa shape index (κ3) is 2.66. The molecule has 1 heterocycles. The van der Waals surface area contributed by atoms with Crippen molar-refractivity contribution in [2.24, 2.45) is 5.84 Å². The molecule has 0 fully saturated rings. The summed E-state index contributed by atoms with van der Waals surface area (Å²) in [6, 6.07) is 8.51. The van der Waals surface area contributed by atoms with Gasteiger partial charge in [0.15, 0.2) is 0 Å². The number of aromatic nitrogens is 1. The van der Waals surface area contributed by atoms with Gasteiger partial charge in [0.05, 0.1) is 11.0 Å². The lowest BCUT2D eigenvalue weighted by Gasteiger charge is -2.15. The highest BCUT2D eigenvalue weighted by atomic mass is 32.1. The number of nitrogens with two attached hydrogens (primary N) is 1. The van der Waals surface area contributed by atoms with E-state index in [1.807, 2.05) is 11.6 Å². The first-order valence-corrected chi connectivity index (χ1v) is 6.08. The van der Waals surface area contributed by atoms with Gasteiger partial charge in [0.1, 0.15) is 0 Å². The van der Waals surface area contributed by atoms with E-state index in [0.29, 0.717) is 0 Å². The lowest BCUT2D eigenvalue weighted by molar-refractivity contribution is 0.550. The van der Waals surface area contributed by atoms with E-state index in [2.05, 4.69) is 41.6 Å². The van der Waals surface area contributed by atoms with E-state index in [9.17, 15) is 0 Å². The standard InChI is InChI=1S/C12H15N3S/c1-9-3-2-4-10(7-9)11(15-13)8-12-14-5-6-16-12/h2-7,11,15H,8,13H2,1H3. The van der Waals surface area contributed by atoms with Crippen molar-refractivity contribution < 1.29 is 0 Å². The van der Waals surface area contributed by atoms with Crippen LogP contribution in [0.2, 0.25) is 0 Å². The van der Waals surface area contributed by atoms with Crippen LogP contribution in [0.1, 0.15) is 22.2 Å². The van der Waals surface area contributed by atoms with Crippen LogP contribution in [-0.2, 0) is 6.42 Å². The first-order valence-electron chi connectivity index (χ1n) is 5.20. The second kappa shape index (κ2) is 5.21. The van der Waals surface area contributed by atoms with Gasteiger partial charge in [-0.05, 0) is 12.5 Å². The molecule has 0 saturated heterocycles. The Hall–Kier alpha value is -1.23. The van der Waals surface area contributed by atoms with Crippen LogP contribution < -0.4 is 11.3 Å². The zero-order valence-electron chi connectivity index (χ0n) is 9.18. The zero-order chi connectivity index (χ0) is 11.4. The molecule has 1 unspecified atom stereocenters. The van der Waals surface area contributed by atoms with Crippen LogP contribution in [-0.4, -0.2) is 4.98 Å². The molecule has 3 nitrogen and oxygen atoms in total. The Labute approximate surface area is 99.3 Å². The summed E-state index contributed by atoms with van der Waals surface area (Å²) in [4.78, 5) is 4.27. The minimum atomic E-state index is 0.131. The average molecular weight is 233 g/mol. The maximum Gasteiger partial charge on any atom is 0.0944 e. The molecule has 0 aliphatic rings. The van der Waals surface area contributed by atoms with Gasteiger partial charge in [-0.2, -0.15) is 0 Å². The van der Waals surface area contributed by atoms with Crippen LogP contribution in [0.5, 0.6) is 0 Å². The fourth-order valence-corrected chi connectivity index (χ4v) is 2.35. The zero-order valence-corrected chi connectivity index (χ0v) is 10.00. The molecule has 2 aromatic rings. The molecule has 1 aromatic carbocycles. The summed E-state index contributed by atoms with van der Waals surface area (Å²) in [6.45, 7) is 2.08. The average Bonchev–Trinajstić information content (AvgIpc) is 2.78. The summed E-state index contributed by atoms with van der Waals surface area (Å²) in [5.41, 5.74) is 5.30. The molecule has 0 amide bonds. The molecule has 0 bridgehead atoms. The predicted octanol–water partition coefficient (Wildman–Crippen LogP) is 2.20. The van der Waals surface area contributed by atoms with Crippen molar-refractivity contribution in [1.82, 2.24) is 10.4 Å². The minimum Gasteiger partial charge on any atom is -0.271 e. The smallest absolute Gasteiger partial charge is 0.0944 e. The Kier molecular flexibility index (Phi) is 3.66. The van der Waals surface area contributed by atoms with E-state index < -0.39 is 0 Å². The maximum absolute atomic E-state index is 5.60. The van der Waals surface area contributed by atoms with E-state index in [-0.39, 0.29) is 6.04 Å². The van der Waals surface area contributed by atoms with Crippen LogP contribution >= 0.6 is 11.3 Å². The first kappa shape index (κ1) is 11.3. The van der Waals surface area contributed by atoms with E-state index in [1.54, 1.807) is 11.3 Å². The van der Waals surface area contributed by atoms with E-state index >= 15 is 0 Å². The molecular weight excluding hydrogens is 218 g/mol. The largest absolute Gasteiger partial charge is 0.271 e. The van der Waals surface area contributed by atoms with Crippen molar-refractivity contribution in [1.29, 1.82) is 0 Å². The molecule has 0 saturated carbocycles. The quantitative estimate of drug-likeness (QED) is 0.629. The van der Waals surface area contributed by atoms with E-state index in [1.165, 1.54) is 11.1 Å². The molecule has 1 aromatic heterocycles. The highest BCUT2D eigenvalue weighted by Gasteiger charge is 2.11. The summed E-state index contributed by atoms with van der Waals surface area (Å²) in [5.74, 6) is 5.60. The number of nitrogens with zero attached hydrogens (tertiary/aromatic N) is 1. The van der Waals surface area contributed by atoms with Gasteiger partial charge in [-0.15, -0.1) is 11.3 Å². The molecule has 16 heavy (non-hydrogen) atoms. The van der Waals surface area contributed by atoms with Gasteiger partial charge in [-0.1, -0.05) is 29.8 Å². The number of nitrogens with one attached hydrogen (secondary N) is 1. The second-order valence-corrected chi connectivity index (χ2v) is 4.74. The van der Waals surface area contributed by atoms with Gasteiger partial charge >= 0.3 is 0 Å². The molecule has 0 aliphatic carbocycles. The Bertz CT molecular complexity index is 439. The van der Waals surface area contributed by atoms with Crippen LogP contribution in [0.25, 0.3) is 0 Å². The number of benzene rings is 1. The second-order valence-electron chi connectivity index (χ2n) is 3.76. The van der Waals surface area contributed by atoms with E-state index in [4.69, 9.17) is 5.84 Å². The maximum atomic E-state index is 5.60. The topological polar surface area (TPSA) is 50.9 Å². The third-order valence-electron chi connectivity index (χ3n) is 2.51. The van der Waals surface area contributed by atoms with Gasteiger partial charge in [0.25, 0.3) is 0 Å².